The topological polar surface area (TPSA) is 34.9 Å². The zero-order chi connectivity index (χ0) is 12.1. The molecule has 17 heavy (non-hydrogen) atoms. The van der Waals surface area contributed by atoms with Crippen molar-refractivity contribution in [2.75, 3.05) is 0 Å². The van der Waals surface area contributed by atoms with Gasteiger partial charge in [-0.3, -0.25) is 9.48 Å². The Morgan fingerprint density at radius 2 is 2.18 bits per heavy atom. The van der Waals surface area contributed by atoms with E-state index >= 15 is 0 Å². The second-order valence-corrected chi connectivity index (χ2v) is 4.78. The molecule has 1 aliphatic carbocycles. The minimum Gasteiger partial charge on any atom is -0.295 e. The van der Waals surface area contributed by atoms with Gasteiger partial charge < -0.3 is 0 Å². The Morgan fingerprint density at radius 3 is 2.82 bits per heavy atom. The lowest BCUT2D eigenvalue weighted by molar-refractivity contribution is -0.114. The highest BCUT2D eigenvalue weighted by molar-refractivity contribution is 5.90. The van der Waals surface area contributed by atoms with Gasteiger partial charge in [0.2, 0.25) is 0 Å². The van der Waals surface area contributed by atoms with Crippen LogP contribution in [-0.2, 0) is 18.3 Å². The van der Waals surface area contributed by atoms with Crippen LogP contribution in [-0.4, -0.2) is 15.6 Å². The van der Waals surface area contributed by atoms with Crippen LogP contribution in [0.1, 0.15) is 44.2 Å². The number of carbonyl (C=O) groups excluding carboxylic acids is 1. The first-order valence-corrected chi connectivity index (χ1v) is 6.45. The summed E-state index contributed by atoms with van der Waals surface area (Å²) in [5, 5.41) is 4.10. The summed E-state index contributed by atoms with van der Waals surface area (Å²) in [4.78, 5) is 11.8. The van der Waals surface area contributed by atoms with Crippen molar-refractivity contribution in [3.8, 4) is 0 Å². The smallest absolute Gasteiger partial charge is 0.156 e. The van der Waals surface area contributed by atoms with E-state index in [0.717, 1.165) is 25.0 Å². The quantitative estimate of drug-likeness (QED) is 0.748. The molecule has 1 aliphatic rings. The Kier molecular flexibility index (Phi) is 4.13. The van der Waals surface area contributed by atoms with Crippen molar-refractivity contribution in [3.05, 3.63) is 29.6 Å². The largest absolute Gasteiger partial charge is 0.295 e. The van der Waals surface area contributed by atoms with E-state index in [-0.39, 0.29) is 5.78 Å². The molecule has 0 atom stereocenters. The number of nitrogens with zero attached hydrogens (tertiary/aromatic N) is 2. The molecule has 0 saturated heterocycles. The van der Waals surface area contributed by atoms with E-state index in [4.69, 9.17) is 0 Å². The highest BCUT2D eigenvalue weighted by atomic mass is 16.1. The minimum atomic E-state index is 0.267. The molecule has 3 heteroatoms. The maximum Gasteiger partial charge on any atom is 0.156 e. The van der Waals surface area contributed by atoms with Gasteiger partial charge in [0, 0.05) is 25.4 Å². The van der Waals surface area contributed by atoms with Crippen molar-refractivity contribution in [3.63, 3.8) is 0 Å². The first-order chi connectivity index (χ1) is 8.25. The highest BCUT2D eigenvalue weighted by Gasteiger charge is 2.08. The maximum absolute atomic E-state index is 11.8. The normalized spacial score (nSPS) is 15.9. The van der Waals surface area contributed by atoms with Crippen LogP contribution < -0.4 is 0 Å². The van der Waals surface area contributed by atoms with Crippen molar-refractivity contribution < 1.29 is 4.79 Å². The van der Waals surface area contributed by atoms with Crippen molar-refractivity contribution in [1.29, 1.82) is 0 Å². The van der Waals surface area contributed by atoms with Crippen molar-refractivity contribution >= 4 is 5.78 Å². The number of hydrogen-bond acceptors (Lipinski definition) is 2. The number of rotatable bonds is 4. The van der Waals surface area contributed by atoms with Crippen molar-refractivity contribution in [2.45, 2.75) is 44.9 Å². The van der Waals surface area contributed by atoms with E-state index in [1.807, 2.05) is 23.9 Å². The molecule has 0 spiro atoms. The summed E-state index contributed by atoms with van der Waals surface area (Å²) < 4.78 is 1.83. The molecule has 0 aliphatic heterocycles. The van der Waals surface area contributed by atoms with Gasteiger partial charge in [0.05, 0.1) is 0 Å². The molecule has 1 heterocycles. The van der Waals surface area contributed by atoms with E-state index < -0.39 is 0 Å². The van der Waals surface area contributed by atoms with Crippen LogP contribution in [0.15, 0.2) is 23.9 Å². The molecular formula is C14H20N2O. The summed E-state index contributed by atoms with van der Waals surface area (Å²) in [5.41, 5.74) is 2.48. The number of ketones is 1. The molecule has 0 N–H and O–H groups in total. The summed E-state index contributed by atoms with van der Waals surface area (Å²) in [6.45, 7) is 0. The lowest BCUT2D eigenvalue weighted by atomic mass is 9.93. The number of aromatic nitrogens is 2. The number of hydrogen-bond donors (Lipinski definition) is 0. The monoisotopic (exact) mass is 232 g/mol. The number of aryl methyl sites for hydroxylation is 2. The molecule has 3 nitrogen and oxygen atoms in total. The SMILES string of the molecule is Cn1nccc1CCC(=O)C=C1CCCCC1. The molecule has 1 aromatic heterocycles. The van der Waals surface area contributed by atoms with E-state index in [0.29, 0.717) is 6.42 Å². The molecule has 92 valence electrons. The van der Waals surface area contributed by atoms with Gasteiger partial charge in [-0.15, -0.1) is 0 Å². The molecule has 0 aromatic carbocycles. The second kappa shape index (κ2) is 5.80. The Morgan fingerprint density at radius 1 is 1.41 bits per heavy atom. The van der Waals surface area contributed by atoms with Crippen LogP contribution in [0.4, 0.5) is 0 Å². The summed E-state index contributed by atoms with van der Waals surface area (Å²) in [7, 11) is 1.92. The minimum absolute atomic E-state index is 0.267. The average Bonchev–Trinajstić information content (AvgIpc) is 2.74. The third-order valence-corrected chi connectivity index (χ3v) is 3.41. The third kappa shape index (κ3) is 3.55. The van der Waals surface area contributed by atoms with Gasteiger partial charge in [-0.25, -0.2) is 0 Å². The van der Waals surface area contributed by atoms with Crippen LogP contribution in [0.5, 0.6) is 0 Å². The van der Waals surface area contributed by atoms with Gasteiger partial charge >= 0.3 is 0 Å². The molecule has 2 rings (SSSR count). The van der Waals surface area contributed by atoms with E-state index in [1.165, 1.54) is 24.8 Å². The van der Waals surface area contributed by atoms with Gasteiger partial charge in [0.25, 0.3) is 0 Å². The fourth-order valence-electron chi connectivity index (χ4n) is 2.35. The Labute approximate surface area is 103 Å². The van der Waals surface area contributed by atoms with Crippen molar-refractivity contribution in [1.82, 2.24) is 9.78 Å². The summed E-state index contributed by atoms with van der Waals surface area (Å²) >= 11 is 0. The number of carbonyl (C=O) groups is 1. The van der Waals surface area contributed by atoms with Gasteiger partial charge in [0.1, 0.15) is 0 Å². The lowest BCUT2D eigenvalue weighted by Crippen LogP contribution is -2.04. The molecule has 0 bridgehead atoms. The summed E-state index contributed by atoms with van der Waals surface area (Å²) in [6, 6.07) is 1.97. The van der Waals surface area contributed by atoms with Gasteiger partial charge in [-0.05, 0) is 44.2 Å². The summed E-state index contributed by atoms with van der Waals surface area (Å²) in [5.74, 6) is 0.267. The Bertz CT molecular complexity index is 410. The van der Waals surface area contributed by atoms with Crippen molar-refractivity contribution in [2.24, 2.45) is 7.05 Å². The second-order valence-electron chi connectivity index (χ2n) is 4.78. The lowest BCUT2D eigenvalue weighted by Gasteiger charge is -2.12. The highest BCUT2D eigenvalue weighted by Crippen LogP contribution is 2.22. The Balaban J connectivity index is 1.83. The molecular weight excluding hydrogens is 212 g/mol. The maximum atomic E-state index is 11.8. The van der Waals surface area contributed by atoms with E-state index in [2.05, 4.69) is 5.10 Å². The molecule has 0 radical (unpaired) electrons. The van der Waals surface area contributed by atoms with Crippen LogP contribution in [0.25, 0.3) is 0 Å². The van der Waals surface area contributed by atoms with Crippen LogP contribution in [0.2, 0.25) is 0 Å². The van der Waals surface area contributed by atoms with Gasteiger partial charge in [0.15, 0.2) is 5.78 Å². The first-order valence-electron chi connectivity index (χ1n) is 6.45. The van der Waals surface area contributed by atoms with E-state index in [9.17, 15) is 4.79 Å². The zero-order valence-electron chi connectivity index (χ0n) is 10.5. The van der Waals surface area contributed by atoms with E-state index in [1.54, 1.807) is 6.20 Å². The predicted octanol–water partition coefficient (Wildman–Crippen LogP) is 2.81. The van der Waals surface area contributed by atoms with Crippen LogP contribution >= 0.6 is 0 Å². The molecule has 1 saturated carbocycles. The fourth-order valence-corrected chi connectivity index (χ4v) is 2.35. The zero-order valence-corrected chi connectivity index (χ0v) is 10.5. The Hall–Kier alpha value is -1.38. The first kappa shape index (κ1) is 12.1. The van der Waals surface area contributed by atoms with Gasteiger partial charge in [-0.1, -0.05) is 12.0 Å². The molecule has 0 unspecified atom stereocenters. The third-order valence-electron chi connectivity index (χ3n) is 3.41. The number of allylic oxidation sites excluding steroid dienone is 2. The van der Waals surface area contributed by atoms with Crippen LogP contribution in [0, 0.1) is 0 Å². The van der Waals surface area contributed by atoms with Gasteiger partial charge in [-0.2, -0.15) is 5.10 Å². The average molecular weight is 232 g/mol. The predicted molar refractivity (Wildman–Crippen MR) is 67.7 cm³/mol. The standard InChI is InChI=1S/C14H20N2O/c1-16-13(9-10-15-16)7-8-14(17)11-12-5-3-2-4-6-12/h9-11H,2-8H2,1H3. The molecule has 1 aromatic rings. The van der Waals surface area contributed by atoms with Crippen LogP contribution in [0.3, 0.4) is 0 Å². The molecule has 0 amide bonds. The fraction of sp³-hybridized carbons (Fsp3) is 0.571. The molecule has 1 fully saturated rings. The summed E-state index contributed by atoms with van der Waals surface area (Å²) in [6.07, 6.45) is 11.1.